The van der Waals surface area contributed by atoms with Crippen LogP contribution in [0.2, 0.25) is 0 Å². The maximum absolute atomic E-state index is 11.5. The number of ether oxygens (including phenoxy) is 1. The standard InChI is InChI=1S/C16H24N2O3/c1-5-17-14(19)10-18-15(20)11-21-13-8-6-12(7-9-13)16(2,3)4/h6-9H,5,10-11H2,1-4H3,(H,17,19)(H,18,20). The fourth-order valence-corrected chi connectivity index (χ4v) is 1.69. The Bertz CT molecular complexity index is 475. The molecule has 1 aromatic carbocycles. The van der Waals surface area contributed by atoms with Crippen LogP contribution in [-0.4, -0.2) is 31.5 Å². The minimum atomic E-state index is -0.318. The second kappa shape index (κ2) is 7.67. The molecule has 0 fully saturated rings. The predicted molar refractivity (Wildman–Crippen MR) is 82.3 cm³/mol. The van der Waals surface area contributed by atoms with Gasteiger partial charge >= 0.3 is 0 Å². The van der Waals surface area contributed by atoms with E-state index in [0.717, 1.165) is 0 Å². The van der Waals surface area contributed by atoms with Crippen molar-refractivity contribution in [3.63, 3.8) is 0 Å². The first kappa shape index (κ1) is 17.0. The third-order valence-corrected chi connectivity index (χ3v) is 2.91. The molecule has 0 aliphatic heterocycles. The third-order valence-electron chi connectivity index (χ3n) is 2.91. The summed E-state index contributed by atoms with van der Waals surface area (Å²) in [5, 5.41) is 5.10. The highest BCUT2D eigenvalue weighted by Crippen LogP contribution is 2.24. The topological polar surface area (TPSA) is 67.4 Å². The van der Waals surface area contributed by atoms with Crippen LogP contribution in [0, 0.1) is 0 Å². The quantitative estimate of drug-likeness (QED) is 0.837. The molecular weight excluding hydrogens is 268 g/mol. The van der Waals surface area contributed by atoms with Crippen LogP contribution in [0.1, 0.15) is 33.3 Å². The molecule has 116 valence electrons. The lowest BCUT2D eigenvalue weighted by Gasteiger charge is -2.19. The molecule has 0 spiro atoms. The van der Waals surface area contributed by atoms with Crippen LogP contribution in [0.4, 0.5) is 0 Å². The number of carbonyl (C=O) groups excluding carboxylic acids is 2. The summed E-state index contributed by atoms with van der Waals surface area (Å²) >= 11 is 0. The molecule has 0 radical (unpaired) electrons. The molecule has 1 rings (SSSR count). The average molecular weight is 292 g/mol. The minimum absolute atomic E-state index is 0.0288. The first-order valence-electron chi connectivity index (χ1n) is 7.09. The Morgan fingerprint density at radius 3 is 2.19 bits per heavy atom. The largest absolute Gasteiger partial charge is 0.484 e. The van der Waals surface area contributed by atoms with Gasteiger partial charge < -0.3 is 15.4 Å². The van der Waals surface area contributed by atoms with Gasteiger partial charge in [0.25, 0.3) is 5.91 Å². The molecule has 5 heteroatoms. The van der Waals surface area contributed by atoms with Crippen LogP contribution in [0.15, 0.2) is 24.3 Å². The van der Waals surface area contributed by atoms with E-state index >= 15 is 0 Å². The highest BCUT2D eigenvalue weighted by Gasteiger charge is 2.13. The van der Waals surface area contributed by atoms with E-state index in [1.807, 2.05) is 31.2 Å². The molecule has 2 N–H and O–H groups in total. The molecule has 2 amide bonds. The minimum Gasteiger partial charge on any atom is -0.484 e. The number of carbonyl (C=O) groups is 2. The van der Waals surface area contributed by atoms with Crippen molar-refractivity contribution >= 4 is 11.8 Å². The maximum Gasteiger partial charge on any atom is 0.258 e. The van der Waals surface area contributed by atoms with Gasteiger partial charge in [-0.15, -0.1) is 0 Å². The van der Waals surface area contributed by atoms with Crippen molar-refractivity contribution in [3.8, 4) is 5.75 Å². The number of benzene rings is 1. The van der Waals surface area contributed by atoms with E-state index in [-0.39, 0.29) is 30.4 Å². The van der Waals surface area contributed by atoms with E-state index in [4.69, 9.17) is 4.74 Å². The molecule has 0 aliphatic rings. The molecule has 0 unspecified atom stereocenters. The van der Waals surface area contributed by atoms with Crippen LogP contribution in [0.25, 0.3) is 0 Å². The van der Waals surface area contributed by atoms with E-state index in [1.54, 1.807) is 0 Å². The molecular formula is C16H24N2O3. The summed E-state index contributed by atoms with van der Waals surface area (Å²) in [6.45, 7) is 8.65. The third kappa shape index (κ3) is 6.29. The smallest absolute Gasteiger partial charge is 0.258 e. The fraction of sp³-hybridized carbons (Fsp3) is 0.500. The lowest BCUT2D eigenvalue weighted by atomic mass is 9.87. The molecule has 0 heterocycles. The summed E-state index contributed by atoms with van der Waals surface area (Å²) < 4.78 is 5.38. The first-order valence-corrected chi connectivity index (χ1v) is 7.09. The Labute approximate surface area is 126 Å². The second-order valence-corrected chi connectivity index (χ2v) is 5.79. The number of amides is 2. The zero-order chi connectivity index (χ0) is 15.9. The fourth-order valence-electron chi connectivity index (χ4n) is 1.69. The Morgan fingerprint density at radius 2 is 1.67 bits per heavy atom. The monoisotopic (exact) mass is 292 g/mol. The number of rotatable bonds is 6. The van der Waals surface area contributed by atoms with Gasteiger partial charge in [-0.25, -0.2) is 0 Å². The van der Waals surface area contributed by atoms with E-state index in [1.165, 1.54) is 5.56 Å². The summed E-state index contributed by atoms with van der Waals surface area (Å²) in [6, 6.07) is 7.67. The molecule has 0 aromatic heterocycles. The summed E-state index contributed by atoms with van der Waals surface area (Å²) in [4.78, 5) is 22.7. The molecule has 0 bridgehead atoms. The van der Waals surface area contributed by atoms with Crippen LogP contribution >= 0.6 is 0 Å². The Kier molecular flexibility index (Phi) is 6.21. The van der Waals surface area contributed by atoms with Gasteiger partial charge in [-0.1, -0.05) is 32.9 Å². The van der Waals surface area contributed by atoms with Gasteiger partial charge in [-0.2, -0.15) is 0 Å². The van der Waals surface area contributed by atoms with E-state index in [0.29, 0.717) is 12.3 Å². The zero-order valence-electron chi connectivity index (χ0n) is 13.2. The van der Waals surface area contributed by atoms with Crippen LogP contribution < -0.4 is 15.4 Å². The molecule has 0 aliphatic carbocycles. The first-order chi connectivity index (χ1) is 9.82. The van der Waals surface area contributed by atoms with Crippen molar-refractivity contribution in [2.45, 2.75) is 33.1 Å². The Morgan fingerprint density at radius 1 is 1.05 bits per heavy atom. The van der Waals surface area contributed by atoms with Gasteiger partial charge in [0.1, 0.15) is 5.75 Å². The summed E-state index contributed by atoms with van der Waals surface area (Å²) in [5.74, 6) is 0.109. The van der Waals surface area contributed by atoms with Gasteiger partial charge in [0, 0.05) is 6.54 Å². The molecule has 1 aromatic rings. The van der Waals surface area contributed by atoms with Crippen LogP contribution in [0.3, 0.4) is 0 Å². The van der Waals surface area contributed by atoms with Crippen LogP contribution in [-0.2, 0) is 15.0 Å². The predicted octanol–water partition coefficient (Wildman–Crippen LogP) is 1.62. The van der Waals surface area contributed by atoms with E-state index in [2.05, 4.69) is 31.4 Å². The number of likely N-dealkylation sites (N-methyl/N-ethyl adjacent to an activating group) is 1. The van der Waals surface area contributed by atoms with Crippen molar-refractivity contribution < 1.29 is 14.3 Å². The van der Waals surface area contributed by atoms with E-state index < -0.39 is 0 Å². The highest BCUT2D eigenvalue weighted by atomic mass is 16.5. The highest BCUT2D eigenvalue weighted by molar-refractivity contribution is 5.85. The maximum atomic E-state index is 11.5. The zero-order valence-corrected chi connectivity index (χ0v) is 13.2. The van der Waals surface area contributed by atoms with Gasteiger partial charge in [0.2, 0.25) is 5.91 Å². The van der Waals surface area contributed by atoms with Crippen molar-refractivity contribution in [2.24, 2.45) is 0 Å². The van der Waals surface area contributed by atoms with Crippen molar-refractivity contribution in [3.05, 3.63) is 29.8 Å². The summed E-state index contributed by atoms with van der Waals surface area (Å²) in [7, 11) is 0. The molecule has 0 atom stereocenters. The SMILES string of the molecule is CCNC(=O)CNC(=O)COc1ccc(C(C)(C)C)cc1. The van der Waals surface area contributed by atoms with Crippen molar-refractivity contribution in [1.29, 1.82) is 0 Å². The average Bonchev–Trinajstić information content (AvgIpc) is 2.43. The Balaban J connectivity index is 2.38. The summed E-state index contributed by atoms with van der Waals surface area (Å²) in [6.07, 6.45) is 0. The summed E-state index contributed by atoms with van der Waals surface area (Å²) in [5.41, 5.74) is 1.29. The number of hydrogen-bond donors (Lipinski definition) is 2. The lowest BCUT2D eigenvalue weighted by molar-refractivity contribution is -0.127. The van der Waals surface area contributed by atoms with E-state index in [9.17, 15) is 9.59 Å². The number of nitrogens with one attached hydrogen (secondary N) is 2. The van der Waals surface area contributed by atoms with Gasteiger partial charge in [-0.05, 0) is 30.0 Å². The van der Waals surface area contributed by atoms with Crippen molar-refractivity contribution in [1.82, 2.24) is 10.6 Å². The lowest BCUT2D eigenvalue weighted by Crippen LogP contribution is -2.38. The number of hydrogen-bond acceptors (Lipinski definition) is 3. The van der Waals surface area contributed by atoms with Crippen molar-refractivity contribution in [2.75, 3.05) is 19.7 Å². The molecule has 5 nitrogen and oxygen atoms in total. The second-order valence-electron chi connectivity index (χ2n) is 5.79. The van der Waals surface area contributed by atoms with Crippen LogP contribution in [0.5, 0.6) is 5.75 Å². The van der Waals surface area contributed by atoms with Gasteiger partial charge in [-0.3, -0.25) is 9.59 Å². The normalized spacial score (nSPS) is 10.9. The van der Waals surface area contributed by atoms with Gasteiger partial charge in [0.05, 0.1) is 6.54 Å². The molecule has 0 saturated carbocycles. The molecule has 21 heavy (non-hydrogen) atoms. The Hall–Kier alpha value is -2.04. The van der Waals surface area contributed by atoms with Gasteiger partial charge in [0.15, 0.2) is 6.61 Å². The molecule has 0 saturated heterocycles.